The molecule has 1 N–H and O–H groups in total. The number of carbonyl (C=O) groups is 1. The van der Waals surface area contributed by atoms with Crippen molar-refractivity contribution in [1.82, 2.24) is 0 Å². The molecule has 144 valence electrons. The third kappa shape index (κ3) is 5.47. The van der Waals surface area contributed by atoms with Gasteiger partial charge in [-0.3, -0.25) is 4.79 Å². The predicted molar refractivity (Wildman–Crippen MR) is 109 cm³/mol. The average molecular weight is 434 g/mol. The first-order valence-corrected chi connectivity index (χ1v) is 9.93. The van der Waals surface area contributed by atoms with Gasteiger partial charge in [-0.25, -0.2) is 0 Å². The molecular weight excluding hydrogens is 410 g/mol. The van der Waals surface area contributed by atoms with Gasteiger partial charge in [0.05, 0.1) is 22.4 Å². The van der Waals surface area contributed by atoms with E-state index in [0.717, 1.165) is 23.9 Å². The lowest BCUT2D eigenvalue weighted by Crippen LogP contribution is -2.18. The molecule has 0 saturated carbocycles. The topological polar surface area (TPSA) is 56.8 Å². The van der Waals surface area contributed by atoms with Crippen molar-refractivity contribution in [3.8, 4) is 11.5 Å². The number of halogens is 1. The van der Waals surface area contributed by atoms with Crippen molar-refractivity contribution in [1.29, 1.82) is 0 Å². The molecular formula is C21H24BrNO4. The number of hydrogen-bond acceptors (Lipinski definition) is 4. The summed E-state index contributed by atoms with van der Waals surface area (Å²) in [6.45, 7) is 5.19. The van der Waals surface area contributed by atoms with Gasteiger partial charge in [-0.1, -0.05) is 12.1 Å². The summed E-state index contributed by atoms with van der Waals surface area (Å²) in [4.78, 5) is 12.7. The Morgan fingerprint density at radius 2 is 2.07 bits per heavy atom. The van der Waals surface area contributed by atoms with Crippen LogP contribution in [0.15, 0.2) is 46.9 Å². The smallest absolute Gasteiger partial charge is 0.255 e. The minimum absolute atomic E-state index is 0.0637. The van der Waals surface area contributed by atoms with E-state index in [1.807, 2.05) is 38.1 Å². The van der Waals surface area contributed by atoms with Crippen molar-refractivity contribution >= 4 is 27.5 Å². The van der Waals surface area contributed by atoms with E-state index in [9.17, 15) is 4.79 Å². The number of amides is 1. The van der Waals surface area contributed by atoms with E-state index in [1.165, 1.54) is 0 Å². The zero-order valence-corrected chi connectivity index (χ0v) is 17.1. The summed E-state index contributed by atoms with van der Waals surface area (Å²) in [5, 5.41) is 2.92. The van der Waals surface area contributed by atoms with Crippen molar-refractivity contribution in [2.24, 2.45) is 0 Å². The molecule has 1 aliphatic heterocycles. The molecule has 1 fully saturated rings. The molecule has 5 nitrogen and oxygen atoms in total. The van der Waals surface area contributed by atoms with Gasteiger partial charge in [-0.2, -0.15) is 0 Å². The number of para-hydroxylation sites is 2. The molecule has 0 bridgehead atoms. The average Bonchev–Trinajstić information content (AvgIpc) is 3.16. The molecule has 27 heavy (non-hydrogen) atoms. The van der Waals surface area contributed by atoms with E-state index in [1.54, 1.807) is 18.2 Å². The zero-order valence-electron chi connectivity index (χ0n) is 15.5. The fourth-order valence-corrected chi connectivity index (χ4v) is 3.31. The lowest BCUT2D eigenvalue weighted by atomic mass is 10.2. The Kier molecular flexibility index (Phi) is 6.74. The Morgan fingerprint density at radius 3 is 2.78 bits per heavy atom. The van der Waals surface area contributed by atoms with E-state index >= 15 is 0 Å². The van der Waals surface area contributed by atoms with Gasteiger partial charge in [-0.05, 0) is 73.0 Å². The van der Waals surface area contributed by atoms with Gasteiger partial charge in [0.15, 0.2) is 0 Å². The van der Waals surface area contributed by atoms with Gasteiger partial charge < -0.3 is 19.5 Å². The number of carbonyl (C=O) groups excluding carboxylic acids is 1. The van der Waals surface area contributed by atoms with E-state index in [4.69, 9.17) is 14.2 Å². The summed E-state index contributed by atoms with van der Waals surface area (Å²) in [5.41, 5.74) is 1.17. The van der Waals surface area contributed by atoms with Crippen molar-refractivity contribution in [3.63, 3.8) is 0 Å². The molecule has 1 aliphatic rings. The maximum Gasteiger partial charge on any atom is 0.255 e. The molecule has 0 spiro atoms. The molecule has 1 atom stereocenters. The summed E-state index contributed by atoms with van der Waals surface area (Å²) in [5.74, 6) is 1.14. The van der Waals surface area contributed by atoms with E-state index in [2.05, 4.69) is 21.2 Å². The summed E-state index contributed by atoms with van der Waals surface area (Å²) in [6.07, 6.45) is 2.26. The van der Waals surface area contributed by atoms with E-state index in [-0.39, 0.29) is 18.1 Å². The first-order chi connectivity index (χ1) is 13.0. The van der Waals surface area contributed by atoms with Crippen LogP contribution in [0.5, 0.6) is 11.5 Å². The van der Waals surface area contributed by atoms with Crippen molar-refractivity contribution in [2.45, 2.75) is 38.9 Å². The number of hydrogen-bond donors (Lipinski definition) is 1. The third-order valence-corrected chi connectivity index (χ3v) is 4.76. The normalized spacial score (nSPS) is 16.4. The van der Waals surface area contributed by atoms with Crippen LogP contribution >= 0.6 is 15.9 Å². The summed E-state index contributed by atoms with van der Waals surface area (Å²) >= 11 is 3.46. The fraction of sp³-hybridized carbons (Fsp3) is 0.381. The number of ether oxygens (including phenoxy) is 3. The highest BCUT2D eigenvalue weighted by atomic mass is 79.9. The number of nitrogens with one attached hydrogen (secondary N) is 1. The molecule has 1 amide bonds. The molecule has 1 saturated heterocycles. The van der Waals surface area contributed by atoms with Gasteiger partial charge in [0, 0.05) is 12.2 Å². The molecule has 1 unspecified atom stereocenters. The SMILES string of the molecule is CC(C)Oc1ccc(C(=O)Nc2ccccc2OCC2CCCO2)cc1Br. The van der Waals surface area contributed by atoms with Crippen LogP contribution in [-0.4, -0.2) is 31.3 Å². The van der Waals surface area contributed by atoms with Gasteiger partial charge in [0.1, 0.15) is 18.1 Å². The Labute approximate surface area is 168 Å². The van der Waals surface area contributed by atoms with Gasteiger partial charge in [0.25, 0.3) is 5.91 Å². The molecule has 0 radical (unpaired) electrons. The number of anilines is 1. The first kappa shape index (κ1) is 19.7. The predicted octanol–water partition coefficient (Wildman–Crippen LogP) is 5.05. The highest BCUT2D eigenvalue weighted by Gasteiger charge is 2.17. The lowest BCUT2D eigenvalue weighted by molar-refractivity contribution is 0.0682. The standard InChI is InChI=1S/C21H24BrNO4/c1-14(2)27-19-10-9-15(12-17(19)22)21(24)23-18-7-3-4-8-20(18)26-13-16-6-5-11-25-16/h3-4,7-10,12,14,16H,5-6,11,13H2,1-2H3,(H,23,24). The van der Waals surface area contributed by atoms with Gasteiger partial charge in [-0.15, -0.1) is 0 Å². The maximum atomic E-state index is 12.7. The largest absolute Gasteiger partial charge is 0.490 e. The molecule has 3 rings (SSSR count). The highest BCUT2D eigenvalue weighted by Crippen LogP contribution is 2.29. The first-order valence-electron chi connectivity index (χ1n) is 9.14. The van der Waals surface area contributed by atoms with Crippen molar-refractivity contribution in [2.75, 3.05) is 18.5 Å². The lowest BCUT2D eigenvalue weighted by Gasteiger charge is -2.16. The third-order valence-electron chi connectivity index (χ3n) is 4.14. The summed E-state index contributed by atoms with van der Waals surface area (Å²) < 4.78 is 17.9. The Hall–Kier alpha value is -2.05. The van der Waals surface area contributed by atoms with Crippen LogP contribution in [0.4, 0.5) is 5.69 Å². The molecule has 0 aliphatic carbocycles. The molecule has 0 aromatic heterocycles. The highest BCUT2D eigenvalue weighted by molar-refractivity contribution is 9.10. The summed E-state index contributed by atoms with van der Waals surface area (Å²) in [6, 6.07) is 12.7. The van der Waals surface area contributed by atoms with Gasteiger partial charge >= 0.3 is 0 Å². The van der Waals surface area contributed by atoms with Crippen LogP contribution in [-0.2, 0) is 4.74 Å². The Bertz CT molecular complexity index is 788. The maximum absolute atomic E-state index is 12.7. The fourth-order valence-electron chi connectivity index (χ4n) is 2.84. The van der Waals surface area contributed by atoms with Crippen molar-refractivity contribution < 1.29 is 19.0 Å². The van der Waals surface area contributed by atoms with Crippen LogP contribution in [0, 0.1) is 0 Å². The van der Waals surface area contributed by atoms with E-state index in [0.29, 0.717) is 29.4 Å². The van der Waals surface area contributed by atoms with Crippen LogP contribution in [0.25, 0.3) is 0 Å². The summed E-state index contributed by atoms with van der Waals surface area (Å²) in [7, 11) is 0. The second kappa shape index (κ2) is 9.24. The van der Waals surface area contributed by atoms with Crippen molar-refractivity contribution in [3.05, 3.63) is 52.5 Å². The van der Waals surface area contributed by atoms with E-state index < -0.39 is 0 Å². The quantitative estimate of drug-likeness (QED) is 0.663. The second-order valence-corrected chi connectivity index (χ2v) is 7.56. The number of rotatable bonds is 7. The van der Waals surface area contributed by atoms with Crippen LogP contribution in [0.3, 0.4) is 0 Å². The second-order valence-electron chi connectivity index (χ2n) is 6.71. The monoisotopic (exact) mass is 433 g/mol. The van der Waals surface area contributed by atoms with Gasteiger partial charge in [0.2, 0.25) is 0 Å². The van der Waals surface area contributed by atoms with Crippen LogP contribution in [0.2, 0.25) is 0 Å². The molecule has 2 aromatic rings. The Balaban J connectivity index is 1.67. The minimum Gasteiger partial charge on any atom is -0.490 e. The molecule has 6 heteroatoms. The number of benzene rings is 2. The molecule has 2 aromatic carbocycles. The Morgan fingerprint density at radius 1 is 1.26 bits per heavy atom. The minimum atomic E-state index is -0.208. The van der Waals surface area contributed by atoms with Crippen LogP contribution in [0.1, 0.15) is 37.0 Å². The van der Waals surface area contributed by atoms with Crippen LogP contribution < -0.4 is 14.8 Å². The molecule has 1 heterocycles. The zero-order chi connectivity index (χ0) is 19.2.